The number of rotatable bonds is 3. The van der Waals surface area contributed by atoms with Crippen LogP contribution in [0.1, 0.15) is 18.0 Å². The summed E-state index contributed by atoms with van der Waals surface area (Å²) >= 11 is 1.72. The van der Waals surface area contributed by atoms with Crippen LogP contribution in [0.4, 0.5) is 14.5 Å². The lowest BCUT2D eigenvalue weighted by Crippen LogP contribution is -2.43. The smallest absolute Gasteiger partial charge is 0.241 e. The van der Waals surface area contributed by atoms with Crippen LogP contribution in [0.3, 0.4) is 0 Å². The van der Waals surface area contributed by atoms with Crippen LogP contribution in [0.25, 0.3) is 0 Å². The summed E-state index contributed by atoms with van der Waals surface area (Å²) in [4.78, 5) is 17.5. The fraction of sp³-hybridized carbons (Fsp3) is 0.350. The summed E-state index contributed by atoms with van der Waals surface area (Å²) in [5.74, 6) is -0.333. The molecular formula is C20H20F2N2O2S. The Bertz CT molecular complexity index is 864. The molecule has 1 amide bonds. The van der Waals surface area contributed by atoms with Gasteiger partial charge >= 0.3 is 0 Å². The quantitative estimate of drug-likeness (QED) is 0.874. The van der Waals surface area contributed by atoms with E-state index in [1.54, 1.807) is 21.6 Å². The summed E-state index contributed by atoms with van der Waals surface area (Å²) in [6.07, 6.45) is -0.394. The van der Waals surface area contributed by atoms with E-state index in [1.807, 2.05) is 24.3 Å². The van der Waals surface area contributed by atoms with Gasteiger partial charge in [-0.3, -0.25) is 9.69 Å². The number of nitrogens with zero attached hydrogens (tertiary/aromatic N) is 2. The van der Waals surface area contributed by atoms with Gasteiger partial charge in [-0.1, -0.05) is 12.1 Å². The van der Waals surface area contributed by atoms with E-state index in [0.29, 0.717) is 6.54 Å². The standard InChI is InChI=1S/C20H20F2N2O2S/c21-13-5-6-16(22)15(9-13)18-10-14(25)11-23(18)12-20(26)24-7-8-27-19-4-2-1-3-17(19)24/h1-6,9,14,18,25H,7-8,10-12H2/t14-,18-/m0/s1. The first kappa shape index (κ1) is 18.4. The monoisotopic (exact) mass is 390 g/mol. The second kappa shape index (κ2) is 7.58. The van der Waals surface area contributed by atoms with Gasteiger partial charge in [-0.25, -0.2) is 8.78 Å². The van der Waals surface area contributed by atoms with Crippen LogP contribution in [0.5, 0.6) is 0 Å². The Balaban J connectivity index is 1.56. The lowest BCUT2D eigenvalue weighted by atomic mass is 10.0. The maximum absolute atomic E-state index is 14.2. The molecule has 0 aromatic heterocycles. The van der Waals surface area contributed by atoms with Gasteiger partial charge in [0, 0.05) is 35.3 Å². The van der Waals surface area contributed by atoms with Crippen LogP contribution in [-0.4, -0.2) is 47.4 Å². The van der Waals surface area contributed by atoms with Gasteiger partial charge in [-0.15, -0.1) is 11.8 Å². The van der Waals surface area contributed by atoms with Crippen LogP contribution >= 0.6 is 11.8 Å². The zero-order valence-corrected chi connectivity index (χ0v) is 15.5. The molecule has 2 aliphatic rings. The average molecular weight is 390 g/mol. The van der Waals surface area contributed by atoms with E-state index in [4.69, 9.17) is 0 Å². The van der Waals surface area contributed by atoms with Crippen molar-refractivity contribution in [2.75, 3.05) is 30.3 Å². The number of likely N-dealkylation sites (tertiary alicyclic amines) is 1. The first-order valence-corrected chi connectivity index (χ1v) is 9.91. The van der Waals surface area contributed by atoms with E-state index < -0.39 is 23.8 Å². The highest BCUT2D eigenvalue weighted by Crippen LogP contribution is 2.36. The molecule has 1 fully saturated rings. The summed E-state index contributed by atoms with van der Waals surface area (Å²) in [6.45, 7) is 0.920. The molecule has 142 valence electrons. The molecule has 0 spiro atoms. The Morgan fingerprint density at radius 1 is 1.22 bits per heavy atom. The van der Waals surface area contributed by atoms with Gasteiger partial charge in [0.1, 0.15) is 11.6 Å². The zero-order valence-electron chi connectivity index (χ0n) is 14.6. The van der Waals surface area contributed by atoms with Crippen LogP contribution in [0.15, 0.2) is 47.4 Å². The molecule has 0 radical (unpaired) electrons. The number of hydrogen-bond acceptors (Lipinski definition) is 4. The van der Waals surface area contributed by atoms with Gasteiger partial charge in [0.25, 0.3) is 0 Å². The molecule has 27 heavy (non-hydrogen) atoms. The second-order valence-electron chi connectivity index (χ2n) is 6.86. The Kier molecular flexibility index (Phi) is 5.16. The van der Waals surface area contributed by atoms with Crippen molar-refractivity contribution in [2.24, 2.45) is 0 Å². The number of halogens is 2. The molecule has 1 saturated heterocycles. The number of aliphatic hydroxyl groups excluding tert-OH is 1. The number of fused-ring (bicyclic) bond motifs is 1. The molecule has 1 N–H and O–H groups in total. The first-order chi connectivity index (χ1) is 13.0. The molecule has 0 bridgehead atoms. The van der Waals surface area contributed by atoms with Crippen molar-refractivity contribution in [1.29, 1.82) is 0 Å². The molecule has 2 aliphatic heterocycles. The molecule has 2 heterocycles. The van der Waals surface area contributed by atoms with Crippen LogP contribution in [-0.2, 0) is 4.79 Å². The summed E-state index contributed by atoms with van der Waals surface area (Å²) in [7, 11) is 0. The largest absolute Gasteiger partial charge is 0.392 e. The molecule has 7 heteroatoms. The van der Waals surface area contributed by atoms with Crippen molar-refractivity contribution >= 4 is 23.4 Å². The number of hydrogen-bond donors (Lipinski definition) is 1. The second-order valence-corrected chi connectivity index (χ2v) is 8.00. The van der Waals surface area contributed by atoms with E-state index in [-0.39, 0.29) is 31.0 Å². The van der Waals surface area contributed by atoms with Gasteiger partial charge in [0.2, 0.25) is 5.91 Å². The van der Waals surface area contributed by atoms with Crippen molar-refractivity contribution < 1.29 is 18.7 Å². The first-order valence-electron chi connectivity index (χ1n) is 8.92. The molecule has 2 atom stereocenters. The van der Waals surface area contributed by atoms with Gasteiger partial charge < -0.3 is 10.0 Å². The number of benzene rings is 2. The van der Waals surface area contributed by atoms with E-state index >= 15 is 0 Å². The molecule has 4 nitrogen and oxygen atoms in total. The van der Waals surface area contributed by atoms with Crippen LogP contribution in [0, 0.1) is 11.6 Å². The van der Waals surface area contributed by atoms with Gasteiger partial charge in [-0.2, -0.15) is 0 Å². The fourth-order valence-corrected chi connectivity index (χ4v) is 4.83. The lowest BCUT2D eigenvalue weighted by molar-refractivity contribution is -0.120. The molecule has 0 unspecified atom stereocenters. The third-order valence-electron chi connectivity index (χ3n) is 5.07. The Labute approximate surface area is 160 Å². The normalized spacial score (nSPS) is 22.7. The molecule has 2 aromatic rings. The van der Waals surface area contributed by atoms with Crippen molar-refractivity contribution in [3.8, 4) is 0 Å². The van der Waals surface area contributed by atoms with Gasteiger partial charge in [0.05, 0.1) is 18.3 Å². The molecule has 0 saturated carbocycles. The Morgan fingerprint density at radius 2 is 2.04 bits per heavy atom. The van der Waals surface area contributed by atoms with E-state index in [9.17, 15) is 18.7 Å². The third kappa shape index (κ3) is 3.72. The number of para-hydroxylation sites is 1. The van der Waals surface area contributed by atoms with Crippen molar-refractivity contribution in [2.45, 2.75) is 23.5 Å². The maximum Gasteiger partial charge on any atom is 0.241 e. The molecule has 4 rings (SSSR count). The summed E-state index contributed by atoms with van der Waals surface area (Å²) < 4.78 is 27.9. The number of aliphatic hydroxyl groups is 1. The molecule has 0 aliphatic carbocycles. The minimum atomic E-state index is -0.672. The number of anilines is 1. The van der Waals surface area contributed by atoms with E-state index in [1.165, 1.54) is 0 Å². The van der Waals surface area contributed by atoms with E-state index in [0.717, 1.165) is 34.5 Å². The average Bonchev–Trinajstić information content (AvgIpc) is 3.03. The summed E-state index contributed by atoms with van der Waals surface area (Å²) in [6, 6.07) is 10.5. The highest BCUT2D eigenvalue weighted by molar-refractivity contribution is 7.99. The van der Waals surface area contributed by atoms with E-state index in [2.05, 4.69) is 0 Å². The summed E-state index contributed by atoms with van der Waals surface area (Å²) in [5.41, 5.74) is 1.07. The number of β-amino-alcohol motifs (C(OH)–C–C–N with tert-alkyl or cyclic N) is 1. The Morgan fingerprint density at radius 3 is 2.89 bits per heavy atom. The highest BCUT2D eigenvalue weighted by atomic mass is 32.2. The highest BCUT2D eigenvalue weighted by Gasteiger charge is 2.36. The topological polar surface area (TPSA) is 43.8 Å². The SMILES string of the molecule is O=C(CN1C[C@@H](O)C[C@H]1c1cc(F)ccc1F)N1CCSc2ccccc21. The number of carbonyl (C=O) groups is 1. The summed E-state index contributed by atoms with van der Waals surface area (Å²) in [5, 5.41) is 10.1. The van der Waals surface area contributed by atoms with Crippen molar-refractivity contribution in [3.63, 3.8) is 0 Å². The van der Waals surface area contributed by atoms with Crippen LogP contribution < -0.4 is 4.90 Å². The minimum absolute atomic E-state index is 0.0523. The van der Waals surface area contributed by atoms with Gasteiger partial charge in [-0.05, 0) is 36.8 Å². The Hall–Kier alpha value is -1.96. The predicted molar refractivity (Wildman–Crippen MR) is 101 cm³/mol. The number of amides is 1. The fourth-order valence-electron chi connectivity index (χ4n) is 3.84. The van der Waals surface area contributed by atoms with Crippen LogP contribution in [0.2, 0.25) is 0 Å². The predicted octanol–water partition coefficient (Wildman–Crippen LogP) is 3.21. The molecule has 2 aromatic carbocycles. The van der Waals surface area contributed by atoms with Crippen molar-refractivity contribution in [1.82, 2.24) is 4.90 Å². The lowest BCUT2D eigenvalue weighted by Gasteiger charge is -2.32. The maximum atomic E-state index is 14.2. The number of carbonyl (C=O) groups excluding carboxylic acids is 1. The zero-order chi connectivity index (χ0) is 19.0. The third-order valence-corrected chi connectivity index (χ3v) is 6.11. The van der Waals surface area contributed by atoms with Gasteiger partial charge in [0.15, 0.2) is 0 Å². The number of thioether (sulfide) groups is 1. The minimum Gasteiger partial charge on any atom is -0.392 e. The molecular weight excluding hydrogens is 370 g/mol. The van der Waals surface area contributed by atoms with Crippen molar-refractivity contribution in [3.05, 3.63) is 59.7 Å².